The van der Waals surface area contributed by atoms with Crippen LogP contribution in [0.25, 0.3) is 0 Å². The van der Waals surface area contributed by atoms with Crippen molar-refractivity contribution in [3.8, 4) is 11.5 Å². The van der Waals surface area contributed by atoms with E-state index in [2.05, 4.69) is 16.0 Å². The van der Waals surface area contributed by atoms with Crippen LogP contribution in [-0.4, -0.2) is 31.1 Å². The summed E-state index contributed by atoms with van der Waals surface area (Å²) in [7, 11) is 2.99. The molecule has 1 aliphatic heterocycles. The summed E-state index contributed by atoms with van der Waals surface area (Å²) in [5.74, 6) is 0.503. The predicted octanol–water partition coefficient (Wildman–Crippen LogP) is 2.88. The molecule has 0 fully saturated rings. The van der Waals surface area contributed by atoms with Gasteiger partial charge in [-0.2, -0.15) is 0 Å². The van der Waals surface area contributed by atoms with Gasteiger partial charge in [-0.1, -0.05) is 0 Å². The minimum atomic E-state index is -0.788. The summed E-state index contributed by atoms with van der Waals surface area (Å²) in [6, 6.07) is 9.33. The first-order valence-electron chi connectivity index (χ1n) is 8.90. The van der Waals surface area contributed by atoms with Crippen LogP contribution in [0, 0.1) is 10.1 Å². The summed E-state index contributed by atoms with van der Waals surface area (Å²) in [6.07, 6.45) is 0. The number of amides is 3. The van der Waals surface area contributed by atoms with Gasteiger partial charge >= 0.3 is 6.03 Å². The largest absolute Gasteiger partial charge is 0.497 e. The first kappa shape index (κ1) is 20.6. The predicted molar refractivity (Wildman–Crippen MR) is 108 cm³/mol. The Balaban J connectivity index is 1.94. The molecule has 3 N–H and O–H groups in total. The Morgan fingerprint density at radius 2 is 1.83 bits per heavy atom. The highest BCUT2D eigenvalue weighted by molar-refractivity contribution is 6.07. The van der Waals surface area contributed by atoms with Crippen LogP contribution >= 0.6 is 0 Å². The zero-order valence-electron chi connectivity index (χ0n) is 16.5. The lowest BCUT2D eigenvalue weighted by molar-refractivity contribution is -0.384. The summed E-state index contributed by atoms with van der Waals surface area (Å²) in [4.78, 5) is 35.5. The number of rotatable bonds is 6. The molecule has 3 rings (SSSR count). The molecule has 0 aliphatic carbocycles. The van der Waals surface area contributed by atoms with Gasteiger partial charge in [0.05, 0.1) is 36.4 Å². The van der Waals surface area contributed by atoms with E-state index in [0.717, 1.165) is 0 Å². The lowest BCUT2D eigenvalue weighted by Gasteiger charge is -2.28. The third-order valence-electron chi connectivity index (χ3n) is 4.61. The lowest BCUT2D eigenvalue weighted by atomic mass is 9.94. The third kappa shape index (κ3) is 4.17. The van der Waals surface area contributed by atoms with Crippen molar-refractivity contribution in [3.05, 3.63) is 69.4 Å². The van der Waals surface area contributed by atoms with Crippen molar-refractivity contribution < 1.29 is 24.0 Å². The molecule has 0 bridgehead atoms. The molecule has 30 heavy (non-hydrogen) atoms. The zero-order chi connectivity index (χ0) is 21.8. The van der Waals surface area contributed by atoms with Crippen LogP contribution in [0.2, 0.25) is 0 Å². The number of nitro benzene ring substituents is 1. The monoisotopic (exact) mass is 412 g/mol. The molecule has 10 heteroatoms. The molecule has 10 nitrogen and oxygen atoms in total. The summed E-state index contributed by atoms with van der Waals surface area (Å²) in [6.45, 7) is 1.61. The number of anilines is 1. The number of urea groups is 1. The summed E-state index contributed by atoms with van der Waals surface area (Å²) >= 11 is 0. The SMILES string of the molecule is COc1ccc(NC(=O)C2=C(C)NC(=O)NC2c2ccc([N+](=O)[O-])cc2)c(OC)c1. The highest BCUT2D eigenvalue weighted by Crippen LogP contribution is 2.32. The Kier molecular flexibility index (Phi) is 5.86. The number of methoxy groups -OCH3 is 2. The maximum atomic E-state index is 13.1. The van der Waals surface area contributed by atoms with E-state index < -0.39 is 22.9 Å². The second-order valence-corrected chi connectivity index (χ2v) is 6.44. The number of nitro groups is 1. The third-order valence-corrected chi connectivity index (χ3v) is 4.61. The Morgan fingerprint density at radius 1 is 1.13 bits per heavy atom. The topological polar surface area (TPSA) is 132 Å². The standard InChI is InChI=1S/C20H20N4O6/c1-11-17(19(25)22-15-9-8-14(29-2)10-16(15)30-3)18(23-20(26)21-11)12-4-6-13(7-5-12)24(27)28/h4-10,18H,1-3H3,(H,22,25)(H2,21,23,26). The minimum absolute atomic E-state index is 0.0892. The van der Waals surface area contributed by atoms with Crippen LogP contribution in [0.5, 0.6) is 11.5 Å². The van der Waals surface area contributed by atoms with E-state index in [0.29, 0.717) is 28.4 Å². The van der Waals surface area contributed by atoms with Crippen molar-refractivity contribution in [1.82, 2.24) is 10.6 Å². The van der Waals surface area contributed by atoms with Gasteiger partial charge in [-0.15, -0.1) is 0 Å². The van der Waals surface area contributed by atoms with E-state index in [4.69, 9.17) is 9.47 Å². The van der Waals surface area contributed by atoms with E-state index >= 15 is 0 Å². The number of allylic oxidation sites excluding steroid dienone is 1. The fraction of sp³-hybridized carbons (Fsp3) is 0.200. The van der Waals surface area contributed by atoms with E-state index in [1.54, 1.807) is 25.1 Å². The van der Waals surface area contributed by atoms with Crippen molar-refractivity contribution in [2.75, 3.05) is 19.5 Å². The van der Waals surface area contributed by atoms with Crippen molar-refractivity contribution in [2.45, 2.75) is 13.0 Å². The van der Waals surface area contributed by atoms with E-state index in [1.165, 1.54) is 38.5 Å². The smallest absolute Gasteiger partial charge is 0.319 e. The number of nitrogens with one attached hydrogen (secondary N) is 3. The number of carbonyl (C=O) groups is 2. The average molecular weight is 412 g/mol. The lowest BCUT2D eigenvalue weighted by Crippen LogP contribution is -2.45. The van der Waals surface area contributed by atoms with Gasteiger partial charge in [0.25, 0.3) is 11.6 Å². The van der Waals surface area contributed by atoms with Crippen molar-refractivity contribution in [3.63, 3.8) is 0 Å². The van der Waals surface area contributed by atoms with Gasteiger partial charge in [-0.25, -0.2) is 4.79 Å². The maximum Gasteiger partial charge on any atom is 0.319 e. The fourth-order valence-electron chi connectivity index (χ4n) is 3.12. The van der Waals surface area contributed by atoms with Crippen molar-refractivity contribution in [2.24, 2.45) is 0 Å². The van der Waals surface area contributed by atoms with Crippen molar-refractivity contribution in [1.29, 1.82) is 0 Å². The summed E-state index contributed by atoms with van der Waals surface area (Å²) in [5, 5.41) is 19.0. The van der Waals surface area contributed by atoms with Gasteiger partial charge in [0.15, 0.2) is 0 Å². The van der Waals surface area contributed by atoms with E-state index in [9.17, 15) is 19.7 Å². The molecule has 1 unspecified atom stereocenters. The van der Waals surface area contributed by atoms with Gasteiger partial charge in [0.2, 0.25) is 0 Å². The number of nitrogens with zero attached hydrogens (tertiary/aromatic N) is 1. The molecule has 2 aromatic rings. The molecule has 0 radical (unpaired) electrons. The number of ether oxygens (including phenoxy) is 2. The molecule has 1 aliphatic rings. The molecule has 1 atom stereocenters. The van der Waals surface area contributed by atoms with Gasteiger partial charge in [-0.05, 0) is 36.8 Å². The van der Waals surface area contributed by atoms with Gasteiger partial charge in [0.1, 0.15) is 11.5 Å². The van der Waals surface area contributed by atoms with Crippen LogP contribution in [-0.2, 0) is 4.79 Å². The number of benzene rings is 2. The highest BCUT2D eigenvalue weighted by atomic mass is 16.6. The second kappa shape index (κ2) is 8.52. The average Bonchev–Trinajstić information content (AvgIpc) is 2.73. The highest BCUT2D eigenvalue weighted by Gasteiger charge is 2.31. The van der Waals surface area contributed by atoms with Crippen LogP contribution < -0.4 is 25.4 Å². The Labute approximate surface area is 172 Å². The van der Waals surface area contributed by atoms with E-state index in [-0.39, 0.29) is 11.3 Å². The summed E-state index contributed by atoms with van der Waals surface area (Å²) < 4.78 is 10.5. The first-order chi connectivity index (χ1) is 14.3. The molecule has 2 aromatic carbocycles. The molecule has 0 aromatic heterocycles. The number of hydrogen-bond donors (Lipinski definition) is 3. The molecule has 0 saturated heterocycles. The van der Waals surface area contributed by atoms with E-state index in [1.807, 2.05) is 0 Å². The molecular weight excluding hydrogens is 392 g/mol. The van der Waals surface area contributed by atoms with Gasteiger partial charge in [-0.3, -0.25) is 14.9 Å². The molecule has 1 heterocycles. The van der Waals surface area contributed by atoms with Crippen LogP contribution in [0.3, 0.4) is 0 Å². The molecule has 3 amide bonds. The molecular formula is C20H20N4O6. The van der Waals surface area contributed by atoms with Gasteiger partial charge < -0.3 is 25.4 Å². The van der Waals surface area contributed by atoms with Crippen LogP contribution in [0.4, 0.5) is 16.2 Å². The van der Waals surface area contributed by atoms with Gasteiger partial charge in [0, 0.05) is 23.9 Å². The Bertz CT molecular complexity index is 1030. The van der Waals surface area contributed by atoms with Crippen LogP contribution in [0.15, 0.2) is 53.7 Å². The zero-order valence-corrected chi connectivity index (χ0v) is 16.5. The number of carbonyl (C=O) groups excluding carboxylic acids is 2. The maximum absolute atomic E-state index is 13.1. The van der Waals surface area contributed by atoms with Crippen LogP contribution in [0.1, 0.15) is 18.5 Å². The second-order valence-electron chi connectivity index (χ2n) is 6.44. The quantitative estimate of drug-likeness (QED) is 0.494. The normalized spacial score (nSPS) is 15.7. The summed E-state index contributed by atoms with van der Waals surface area (Å²) in [5.41, 5.74) is 1.49. The molecule has 0 spiro atoms. The van der Waals surface area contributed by atoms with Crippen molar-refractivity contribution >= 4 is 23.3 Å². The minimum Gasteiger partial charge on any atom is -0.497 e. The Hall–Kier alpha value is -4.08. The number of non-ortho nitro benzene ring substituents is 1. The number of hydrogen-bond acceptors (Lipinski definition) is 6. The molecule has 156 valence electrons. The Morgan fingerprint density at radius 3 is 2.43 bits per heavy atom. The first-order valence-corrected chi connectivity index (χ1v) is 8.90. The molecule has 0 saturated carbocycles. The fourth-order valence-corrected chi connectivity index (χ4v) is 3.12.